The maximum absolute atomic E-state index is 14.0. The Hall–Kier alpha value is -3.27. The van der Waals surface area contributed by atoms with Crippen molar-refractivity contribution >= 4 is 38.7 Å². The number of nitrogens with zero attached hydrogens (tertiary/aromatic N) is 5. The SMILES string of the molecule is CC(C)(C)[SiH2]OC(C)(C)c1onc(-c2cccnc2Cl)c1C(=O)c1nnn(Cc2cc(C(F)(F)F)cc(C(F)(F)F)c2)c1Cl. The van der Waals surface area contributed by atoms with Gasteiger partial charge in [-0.2, -0.15) is 26.3 Å². The first kappa shape index (κ1) is 33.6. The van der Waals surface area contributed by atoms with E-state index in [1.807, 2.05) is 20.8 Å². The van der Waals surface area contributed by atoms with Gasteiger partial charge >= 0.3 is 12.4 Å². The Kier molecular flexibility index (Phi) is 9.10. The third-order valence-electron chi connectivity index (χ3n) is 6.22. The molecule has 0 aliphatic rings. The lowest BCUT2D eigenvalue weighted by atomic mass is 9.95. The molecule has 44 heavy (non-hydrogen) atoms. The summed E-state index contributed by atoms with van der Waals surface area (Å²) < 4.78 is 92.9. The molecule has 17 heteroatoms. The summed E-state index contributed by atoms with van der Waals surface area (Å²) in [5.41, 5.74) is -4.96. The van der Waals surface area contributed by atoms with E-state index >= 15 is 0 Å². The van der Waals surface area contributed by atoms with Gasteiger partial charge in [-0.25, -0.2) is 9.67 Å². The lowest BCUT2D eigenvalue weighted by Crippen LogP contribution is -2.29. The summed E-state index contributed by atoms with van der Waals surface area (Å²) in [7, 11) is -1.18. The molecule has 0 aliphatic carbocycles. The summed E-state index contributed by atoms with van der Waals surface area (Å²) in [6.07, 6.45) is -8.68. The molecule has 4 rings (SSSR count). The molecule has 0 N–H and O–H groups in total. The van der Waals surface area contributed by atoms with Gasteiger partial charge in [0.15, 0.2) is 26.4 Å². The van der Waals surface area contributed by atoms with Crippen LogP contribution in [-0.4, -0.2) is 40.7 Å². The molecule has 0 spiro atoms. The molecule has 0 fully saturated rings. The molecule has 8 nitrogen and oxygen atoms in total. The number of carbonyl (C=O) groups excluding carboxylic acids is 1. The van der Waals surface area contributed by atoms with Crippen LogP contribution >= 0.6 is 23.2 Å². The van der Waals surface area contributed by atoms with E-state index in [2.05, 4.69) is 20.5 Å². The van der Waals surface area contributed by atoms with E-state index in [0.29, 0.717) is 12.1 Å². The molecule has 0 radical (unpaired) electrons. The van der Waals surface area contributed by atoms with Crippen LogP contribution in [0.5, 0.6) is 0 Å². The van der Waals surface area contributed by atoms with Gasteiger partial charge in [0, 0.05) is 11.8 Å². The van der Waals surface area contributed by atoms with Gasteiger partial charge in [-0.1, -0.05) is 54.3 Å². The predicted octanol–water partition coefficient (Wildman–Crippen LogP) is 7.51. The van der Waals surface area contributed by atoms with Gasteiger partial charge in [0.1, 0.15) is 16.4 Å². The number of alkyl halides is 6. The fourth-order valence-corrected chi connectivity index (χ4v) is 5.42. The molecule has 0 atom stereocenters. The number of carbonyl (C=O) groups is 1. The molecule has 3 heterocycles. The Morgan fingerprint density at radius 1 is 1.00 bits per heavy atom. The van der Waals surface area contributed by atoms with Crippen molar-refractivity contribution < 1.29 is 40.1 Å². The third-order valence-corrected chi connectivity index (χ3v) is 8.62. The number of ketones is 1. The average molecular weight is 681 g/mol. The third kappa shape index (κ3) is 7.33. The molecule has 0 unspecified atom stereocenters. The van der Waals surface area contributed by atoms with E-state index in [1.165, 1.54) is 6.20 Å². The molecule has 0 bridgehead atoms. The van der Waals surface area contributed by atoms with E-state index < -0.39 is 67.6 Å². The minimum atomic E-state index is -5.05. The lowest BCUT2D eigenvalue weighted by Gasteiger charge is -2.28. The summed E-state index contributed by atoms with van der Waals surface area (Å²) in [6.45, 7) is 8.72. The highest BCUT2D eigenvalue weighted by Gasteiger charge is 2.39. The van der Waals surface area contributed by atoms with Crippen LogP contribution < -0.4 is 0 Å². The van der Waals surface area contributed by atoms with Crippen molar-refractivity contribution in [2.45, 2.75) is 64.2 Å². The Morgan fingerprint density at radius 3 is 2.16 bits per heavy atom. The summed E-state index contributed by atoms with van der Waals surface area (Å²) >= 11 is 12.7. The smallest absolute Gasteiger partial charge is 0.411 e. The van der Waals surface area contributed by atoms with E-state index in [9.17, 15) is 31.1 Å². The fraction of sp³-hybridized carbons (Fsp3) is 0.370. The zero-order valence-electron chi connectivity index (χ0n) is 23.9. The van der Waals surface area contributed by atoms with Crippen LogP contribution in [0.3, 0.4) is 0 Å². The largest absolute Gasteiger partial charge is 0.416 e. The Labute approximate surface area is 259 Å². The van der Waals surface area contributed by atoms with Gasteiger partial charge in [0.25, 0.3) is 0 Å². The van der Waals surface area contributed by atoms with Gasteiger partial charge < -0.3 is 8.95 Å². The average Bonchev–Trinajstić information content (AvgIpc) is 3.51. The summed E-state index contributed by atoms with van der Waals surface area (Å²) in [5, 5.41) is 11.1. The Balaban J connectivity index is 1.80. The maximum atomic E-state index is 14.0. The second-order valence-electron chi connectivity index (χ2n) is 11.6. The van der Waals surface area contributed by atoms with Gasteiger partial charge in [-0.05, 0) is 54.8 Å². The van der Waals surface area contributed by atoms with Crippen molar-refractivity contribution in [2.75, 3.05) is 0 Å². The standard InChI is InChI=1S/C27H25Cl2F6N5O3Si/c1-24(2,3)44-43-25(4,5)21-17(18(38-42-21)16-7-6-8-36-22(16)28)20(41)19-23(29)40(39-37-19)12-13-9-14(26(30,31)32)11-15(10-13)27(33,34)35/h6-11H,12,44H2,1-5H3. The number of rotatable bonds is 8. The summed E-state index contributed by atoms with van der Waals surface area (Å²) in [4.78, 5) is 18.0. The summed E-state index contributed by atoms with van der Waals surface area (Å²) in [6, 6.07) is 4.19. The van der Waals surface area contributed by atoms with Gasteiger partial charge in [0.2, 0.25) is 5.78 Å². The minimum Gasteiger partial charge on any atom is -0.411 e. The molecule has 0 saturated carbocycles. The number of benzene rings is 1. The first-order valence-electron chi connectivity index (χ1n) is 12.9. The zero-order valence-corrected chi connectivity index (χ0v) is 26.8. The van der Waals surface area contributed by atoms with Crippen LogP contribution in [0.2, 0.25) is 15.3 Å². The van der Waals surface area contributed by atoms with Crippen molar-refractivity contribution in [1.29, 1.82) is 0 Å². The Morgan fingerprint density at radius 2 is 1.61 bits per heavy atom. The van der Waals surface area contributed by atoms with Crippen LogP contribution in [0, 0.1) is 0 Å². The number of halogens is 8. The maximum Gasteiger partial charge on any atom is 0.416 e. The van der Waals surface area contributed by atoms with Crippen LogP contribution in [0.4, 0.5) is 26.3 Å². The fourth-order valence-electron chi connectivity index (χ4n) is 4.06. The van der Waals surface area contributed by atoms with Crippen molar-refractivity contribution in [1.82, 2.24) is 25.1 Å². The highest BCUT2D eigenvalue weighted by molar-refractivity contribution is 6.35. The van der Waals surface area contributed by atoms with Crippen molar-refractivity contribution in [3.05, 3.63) is 80.5 Å². The molecular formula is C27H25Cl2F6N5O3Si. The van der Waals surface area contributed by atoms with Gasteiger partial charge in [0.05, 0.1) is 23.2 Å². The van der Waals surface area contributed by atoms with Crippen molar-refractivity contribution in [3.63, 3.8) is 0 Å². The molecule has 1 aromatic carbocycles. The number of aromatic nitrogens is 5. The molecule has 0 amide bonds. The number of hydrogen-bond donors (Lipinski definition) is 0. The quantitative estimate of drug-likeness (QED) is 0.0823. The first-order valence-corrected chi connectivity index (χ1v) is 14.9. The van der Waals surface area contributed by atoms with Crippen molar-refractivity contribution in [3.8, 4) is 11.3 Å². The van der Waals surface area contributed by atoms with Gasteiger partial charge in [-0.3, -0.25) is 4.79 Å². The Bertz CT molecular complexity index is 1660. The van der Waals surface area contributed by atoms with Crippen LogP contribution in [-0.2, 0) is 28.9 Å². The van der Waals surface area contributed by atoms with E-state index in [0.717, 1.165) is 4.68 Å². The second kappa shape index (κ2) is 11.9. The molecule has 3 aromatic heterocycles. The molecular weight excluding hydrogens is 655 g/mol. The minimum absolute atomic E-state index is 0.00366. The monoisotopic (exact) mass is 679 g/mol. The lowest BCUT2D eigenvalue weighted by molar-refractivity contribution is -0.143. The topological polar surface area (TPSA) is 95.9 Å². The van der Waals surface area contributed by atoms with E-state index in [-0.39, 0.29) is 38.8 Å². The number of hydrogen-bond acceptors (Lipinski definition) is 7. The first-order chi connectivity index (χ1) is 20.2. The van der Waals surface area contributed by atoms with Crippen molar-refractivity contribution in [2.24, 2.45) is 0 Å². The van der Waals surface area contributed by atoms with Crippen LogP contribution in [0.25, 0.3) is 11.3 Å². The molecule has 0 aliphatic heterocycles. The highest BCUT2D eigenvalue weighted by Crippen LogP contribution is 2.40. The zero-order chi connectivity index (χ0) is 32.8. The molecule has 236 valence electrons. The molecule has 4 aromatic rings. The van der Waals surface area contributed by atoms with E-state index in [1.54, 1.807) is 26.0 Å². The molecule has 0 saturated heterocycles. The van der Waals surface area contributed by atoms with Crippen LogP contribution in [0.15, 0.2) is 41.1 Å². The highest BCUT2D eigenvalue weighted by atomic mass is 35.5. The second-order valence-corrected chi connectivity index (χ2v) is 15.0. The predicted molar refractivity (Wildman–Crippen MR) is 151 cm³/mol. The summed E-state index contributed by atoms with van der Waals surface area (Å²) in [5.74, 6) is -0.825. The normalized spacial score (nSPS) is 13.3. The van der Waals surface area contributed by atoms with E-state index in [4.69, 9.17) is 32.2 Å². The van der Waals surface area contributed by atoms with Crippen LogP contribution in [0.1, 0.15) is 73.1 Å². The van der Waals surface area contributed by atoms with Gasteiger partial charge in [-0.15, -0.1) is 5.10 Å². The number of pyridine rings is 1.